The number of thiol groups is 1. The quantitative estimate of drug-likeness (QED) is 0.00906. The molecule has 13 nitrogen and oxygen atoms in total. The molecule has 0 radical (unpaired) electrons. The molecular weight excluding hydrogens is 817 g/mol. The van der Waals surface area contributed by atoms with Gasteiger partial charge in [-0.2, -0.15) is 12.6 Å². The molecule has 340 valence electrons. The number of amides is 1. The van der Waals surface area contributed by atoms with Gasteiger partial charge in [0.25, 0.3) is 5.24 Å². The molecule has 0 aliphatic heterocycles. The van der Waals surface area contributed by atoms with Crippen LogP contribution < -0.4 is 5.32 Å². The summed E-state index contributed by atoms with van der Waals surface area (Å²) in [6.45, 7) is 11.0. The van der Waals surface area contributed by atoms with E-state index in [1.807, 2.05) is 0 Å². The fourth-order valence-electron chi connectivity index (χ4n) is 5.12. The molecule has 0 heterocycles. The number of rotatable bonds is 35. The van der Waals surface area contributed by atoms with Gasteiger partial charge in [-0.1, -0.05) is 121 Å². The van der Waals surface area contributed by atoms with Crippen molar-refractivity contribution in [2.75, 3.05) is 66.2 Å². The number of nitrogens with zero attached hydrogens (tertiary/aromatic N) is 1. The van der Waals surface area contributed by atoms with Crippen molar-refractivity contribution < 1.29 is 51.2 Å². The van der Waals surface area contributed by atoms with Crippen LogP contribution in [0.25, 0.3) is 0 Å². The lowest BCUT2D eigenvalue weighted by atomic mass is 10.1. The van der Waals surface area contributed by atoms with Crippen LogP contribution in [-0.2, 0) is 46.4 Å². The molecule has 1 amide bonds. The summed E-state index contributed by atoms with van der Waals surface area (Å²) in [6.07, 6.45) is 24.5. The van der Waals surface area contributed by atoms with E-state index >= 15 is 0 Å². The maximum Gasteiger partial charge on any atom is 0.374 e. The Kier molecular flexibility index (Phi) is 45.1. The van der Waals surface area contributed by atoms with Gasteiger partial charge >= 0.3 is 29.1 Å². The van der Waals surface area contributed by atoms with E-state index in [-0.39, 0.29) is 25.0 Å². The van der Waals surface area contributed by atoms with Crippen molar-refractivity contribution in [3.63, 3.8) is 0 Å². The third-order valence-corrected chi connectivity index (χ3v) is 16.5. The lowest BCUT2D eigenvalue weighted by Gasteiger charge is -2.22. The Morgan fingerprint density at radius 2 is 1.03 bits per heavy atom. The van der Waals surface area contributed by atoms with E-state index in [1.165, 1.54) is 127 Å². The van der Waals surface area contributed by atoms with E-state index in [1.54, 1.807) is 35.4 Å². The number of hydrogen-bond acceptors (Lipinski definition) is 14. The Bertz CT molecular complexity index is 1110. The molecule has 0 bridgehead atoms. The number of nitrogens with one attached hydrogen (secondary N) is 1. The number of unbranched alkanes of at least 4 members (excludes halogenated alkanes) is 16. The average molecular weight is 897 g/mol. The molecule has 0 aliphatic rings. The van der Waals surface area contributed by atoms with Crippen molar-refractivity contribution in [2.45, 2.75) is 155 Å². The number of thioether (sulfide) groups is 1. The molecule has 0 aromatic carbocycles. The van der Waals surface area contributed by atoms with E-state index in [0.717, 1.165) is 36.9 Å². The summed E-state index contributed by atoms with van der Waals surface area (Å²) in [7, 11) is 3.40. The first kappa shape index (κ1) is 60.5. The van der Waals surface area contributed by atoms with Crippen molar-refractivity contribution in [1.82, 2.24) is 5.32 Å². The summed E-state index contributed by atoms with van der Waals surface area (Å²) in [6, 6.07) is 2.20. The number of ketones is 1. The van der Waals surface area contributed by atoms with Crippen LogP contribution in [-0.4, -0.2) is 112 Å². The molecule has 0 aliphatic carbocycles. The lowest BCUT2D eigenvalue weighted by molar-refractivity contribution is -0.152. The first-order valence-electron chi connectivity index (χ1n) is 21.0. The fourth-order valence-corrected chi connectivity index (χ4v) is 9.02. The number of ether oxygens (including phenoxy) is 2. The standard InChI is InChI=1S/C21H41NO5SSi.C14H32O2SSi.C6H7NO4/c1-19(2)20(23)27-16-15-22-21(24)28-17-13-11-9-7-6-8-10-12-14-18-29(5,25-3)26-4;1-15-18(3,16-2)14-12-10-8-6-4-5-7-9-11-13-17;1-5(9)6(10)11-3-2-7-4-8/h1,6-18H2,2-5H3,(H,22,24);17H,4-14H2,1-3H3;2-3H2,1H3. The molecule has 17 heteroatoms. The van der Waals surface area contributed by atoms with Crippen LogP contribution in [0.4, 0.5) is 4.79 Å². The Labute approximate surface area is 363 Å². The number of isocyanates is 1. The summed E-state index contributed by atoms with van der Waals surface area (Å²) in [4.78, 5) is 56.1. The molecular formula is C41H80N2O11S2Si2. The topological polar surface area (TPSA) is 165 Å². The second-order valence-electron chi connectivity index (χ2n) is 14.3. The summed E-state index contributed by atoms with van der Waals surface area (Å²) in [5.41, 5.74) is 0.365. The number of aliphatic imine (C=N–C) groups is 1. The van der Waals surface area contributed by atoms with Gasteiger partial charge in [0.2, 0.25) is 11.9 Å². The fraction of sp³-hybridized carbons (Fsp3) is 0.829. The van der Waals surface area contributed by atoms with Gasteiger partial charge in [-0.25, -0.2) is 19.4 Å². The first-order chi connectivity index (χ1) is 27.7. The maximum atomic E-state index is 11.7. The predicted octanol–water partition coefficient (Wildman–Crippen LogP) is 9.67. The number of hydrogen-bond donors (Lipinski definition) is 2. The molecule has 58 heavy (non-hydrogen) atoms. The molecule has 0 unspecified atom stereocenters. The van der Waals surface area contributed by atoms with Crippen molar-refractivity contribution in [3.8, 4) is 0 Å². The summed E-state index contributed by atoms with van der Waals surface area (Å²) >= 11 is 5.52. The Morgan fingerprint density at radius 3 is 1.41 bits per heavy atom. The highest BCUT2D eigenvalue weighted by Gasteiger charge is 2.28. The van der Waals surface area contributed by atoms with Crippen molar-refractivity contribution in [2.24, 2.45) is 4.99 Å². The molecule has 0 rings (SSSR count). The molecule has 1 N–H and O–H groups in total. The van der Waals surface area contributed by atoms with E-state index in [9.17, 15) is 24.0 Å². The minimum atomic E-state index is -1.87. The van der Waals surface area contributed by atoms with Gasteiger partial charge in [0, 0.05) is 46.7 Å². The van der Waals surface area contributed by atoms with E-state index in [0.29, 0.717) is 12.1 Å². The lowest BCUT2D eigenvalue weighted by Crippen LogP contribution is -2.35. The summed E-state index contributed by atoms with van der Waals surface area (Å²) < 4.78 is 31.2. The molecule has 0 fully saturated rings. The molecule has 0 aromatic heterocycles. The molecule has 0 saturated heterocycles. The second kappa shape index (κ2) is 43.3. The molecule has 0 saturated carbocycles. The SMILES string of the molecule is C=C(C)C(=O)OCCNC(=O)SCCCCCCCCCCC[Si](C)(OC)OC.CC(=O)C(=O)OCCN=C=O.CO[Si](C)(CCCCCCCCCCCS)OC. The largest absolute Gasteiger partial charge is 0.460 e. The van der Waals surface area contributed by atoms with Gasteiger partial charge in [-0.15, -0.1) is 0 Å². The zero-order valence-corrected chi connectivity index (χ0v) is 41.1. The van der Waals surface area contributed by atoms with Crippen LogP contribution in [0.1, 0.15) is 129 Å². The van der Waals surface area contributed by atoms with Gasteiger partial charge in [-0.05, 0) is 50.7 Å². The average Bonchev–Trinajstić information content (AvgIpc) is 3.22. The summed E-state index contributed by atoms with van der Waals surface area (Å²) in [5.74, 6) is -0.124. The third-order valence-electron chi connectivity index (χ3n) is 9.27. The minimum absolute atomic E-state index is 0.0442. The molecule has 0 aromatic rings. The van der Waals surface area contributed by atoms with Gasteiger partial charge in [-0.3, -0.25) is 9.59 Å². The van der Waals surface area contributed by atoms with E-state index < -0.39 is 34.8 Å². The van der Waals surface area contributed by atoms with E-state index in [2.05, 4.69) is 47.3 Å². The van der Waals surface area contributed by atoms with Crippen molar-refractivity contribution in [1.29, 1.82) is 0 Å². The van der Waals surface area contributed by atoms with Crippen LogP contribution in [0.5, 0.6) is 0 Å². The number of esters is 2. The second-order valence-corrected chi connectivity index (χ2v) is 23.0. The smallest absolute Gasteiger partial charge is 0.374 e. The number of carbonyl (C=O) groups excluding carboxylic acids is 5. The molecule has 0 atom stereocenters. The van der Waals surface area contributed by atoms with Crippen LogP contribution in [0.2, 0.25) is 25.2 Å². The monoisotopic (exact) mass is 896 g/mol. The van der Waals surface area contributed by atoms with Crippen molar-refractivity contribution >= 4 is 70.6 Å². The van der Waals surface area contributed by atoms with Gasteiger partial charge in [0.1, 0.15) is 13.2 Å². The van der Waals surface area contributed by atoms with Crippen LogP contribution in [0.15, 0.2) is 17.1 Å². The van der Waals surface area contributed by atoms with E-state index in [4.69, 9.17) is 22.4 Å². The maximum absolute atomic E-state index is 11.7. The minimum Gasteiger partial charge on any atom is -0.460 e. The Hall–Kier alpha value is -1.83. The Balaban J connectivity index is -0.000000882. The highest BCUT2D eigenvalue weighted by molar-refractivity contribution is 8.13. The van der Waals surface area contributed by atoms with Gasteiger partial charge in [0.05, 0.1) is 13.1 Å². The van der Waals surface area contributed by atoms with Crippen LogP contribution in [0.3, 0.4) is 0 Å². The van der Waals surface area contributed by atoms with Crippen LogP contribution in [0, 0.1) is 0 Å². The van der Waals surface area contributed by atoms with Gasteiger partial charge < -0.3 is 32.5 Å². The third kappa shape index (κ3) is 42.3. The number of Topliss-reactive ketones (excluding diaryl/α,β-unsaturated/α-hetero) is 1. The normalized spacial score (nSPS) is 10.9. The van der Waals surface area contributed by atoms with Gasteiger partial charge in [0.15, 0.2) is 0 Å². The summed E-state index contributed by atoms with van der Waals surface area (Å²) in [5, 5.41) is 2.68. The highest BCUT2D eigenvalue weighted by atomic mass is 32.2. The zero-order chi connectivity index (χ0) is 44.3. The predicted molar refractivity (Wildman–Crippen MR) is 244 cm³/mol. The van der Waals surface area contributed by atoms with Crippen LogP contribution >= 0.6 is 24.4 Å². The molecule has 0 spiro atoms. The highest BCUT2D eigenvalue weighted by Crippen LogP contribution is 2.19. The Morgan fingerprint density at radius 1 is 0.638 bits per heavy atom. The zero-order valence-electron chi connectivity index (χ0n) is 37.4. The number of carbonyl (C=O) groups is 4. The van der Waals surface area contributed by atoms with Crippen molar-refractivity contribution in [3.05, 3.63) is 12.2 Å². The first-order valence-corrected chi connectivity index (χ1v) is 27.6.